The molecule has 2 N–H and O–H groups in total. The number of aliphatic hydroxyl groups is 1. The highest BCUT2D eigenvalue weighted by molar-refractivity contribution is 7.98. The van der Waals surface area contributed by atoms with Crippen molar-refractivity contribution in [2.75, 3.05) is 11.6 Å². The molecule has 0 spiro atoms. The maximum atomic E-state index is 11.2. The van der Waals surface area contributed by atoms with Crippen molar-refractivity contribution < 1.29 is 14.6 Å². The highest BCUT2D eigenvalue weighted by Crippen LogP contribution is 2.48. The number of hydrogen-bond donors (Lipinski definition) is 2. The van der Waals surface area contributed by atoms with Crippen LogP contribution in [-0.2, 0) is 9.47 Å². The number of ether oxygens (including phenoxy) is 2. The number of thiazole rings is 2. The van der Waals surface area contributed by atoms with Crippen molar-refractivity contribution in [2.24, 2.45) is 5.92 Å². The first-order chi connectivity index (χ1) is 17.3. The Labute approximate surface area is 221 Å². The second-order valence-electron chi connectivity index (χ2n) is 9.54. The van der Waals surface area contributed by atoms with E-state index >= 15 is 0 Å². The van der Waals surface area contributed by atoms with Gasteiger partial charge in [-0.15, -0.1) is 22.7 Å². The highest BCUT2D eigenvalue weighted by Gasteiger charge is 2.56. The largest absolute Gasteiger partial charge is 0.386 e. The number of anilines is 1. The number of aliphatic hydroxyl groups excluding tert-OH is 1. The lowest BCUT2D eigenvalue weighted by molar-refractivity contribution is -0.161. The number of nitrogens with zero attached hydrogens (tertiary/aromatic N) is 4. The number of benzene rings is 1. The molecule has 1 aromatic carbocycles. The monoisotopic (exact) mass is 541 g/mol. The normalized spacial score (nSPS) is 25.8. The lowest BCUT2D eigenvalue weighted by atomic mass is 9.98. The number of fused-ring (bicyclic) bond motifs is 2. The Morgan fingerprint density at radius 3 is 2.72 bits per heavy atom. The average molecular weight is 542 g/mol. The lowest BCUT2D eigenvalue weighted by Gasteiger charge is -2.26. The van der Waals surface area contributed by atoms with Gasteiger partial charge in [0.15, 0.2) is 10.9 Å². The molecule has 5 atom stereocenters. The molecule has 2 fully saturated rings. The smallest absolute Gasteiger partial charge is 0.189 e. The standard InChI is InChI=1S/C25H27N5O3S3/c1-12-17(22-29-14-7-5-6-8-16(14)36-22)21(30-24(27-12)34-4)28-15-11-13(18(31)23-26-9-10-35-23)19-20(15)33-25(2,3)32-19/h5-10,13,15,18-20,31H,11H2,1-4H3,(H,27,28,30)/t13-,15-,18?,19-,20+/m1/s1. The van der Waals surface area contributed by atoms with Gasteiger partial charge >= 0.3 is 0 Å². The molecule has 1 saturated carbocycles. The van der Waals surface area contributed by atoms with Crippen LogP contribution in [0.4, 0.5) is 5.82 Å². The number of hydrogen-bond acceptors (Lipinski definition) is 11. The van der Waals surface area contributed by atoms with Gasteiger partial charge in [-0.25, -0.2) is 19.9 Å². The van der Waals surface area contributed by atoms with E-state index < -0.39 is 11.9 Å². The van der Waals surface area contributed by atoms with Crippen molar-refractivity contribution in [3.05, 3.63) is 46.5 Å². The van der Waals surface area contributed by atoms with Crippen molar-refractivity contribution in [1.29, 1.82) is 0 Å². The molecule has 6 rings (SSSR count). The van der Waals surface area contributed by atoms with Crippen LogP contribution in [0.3, 0.4) is 0 Å². The Morgan fingerprint density at radius 1 is 1.17 bits per heavy atom. The molecule has 2 aliphatic rings. The number of thioether (sulfide) groups is 1. The number of para-hydroxylation sites is 1. The van der Waals surface area contributed by atoms with Crippen LogP contribution in [0.1, 0.15) is 37.1 Å². The van der Waals surface area contributed by atoms with E-state index in [0.717, 1.165) is 32.3 Å². The fraction of sp³-hybridized carbons (Fsp3) is 0.440. The molecule has 36 heavy (non-hydrogen) atoms. The lowest BCUT2D eigenvalue weighted by Crippen LogP contribution is -2.35. The van der Waals surface area contributed by atoms with Crippen molar-refractivity contribution >= 4 is 50.5 Å². The summed E-state index contributed by atoms with van der Waals surface area (Å²) in [5.41, 5.74) is 2.72. The van der Waals surface area contributed by atoms with Crippen LogP contribution in [0.25, 0.3) is 20.8 Å². The molecule has 0 amide bonds. The highest BCUT2D eigenvalue weighted by atomic mass is 32.2. The third-order valence-corrected chi connectivity index (χ3v) is 9.15. The first-order valence-corrected chi connectivity index (χ1v) is 14.7. The zero-order valence-corrected chi connectivity index (χ0v) is 22.8. The molecule has 188 valence electrons. The molecular weight excluding hydrogens is 515 g/mol. The zero-order valence-electron chi connectivity index (χ0n) is 20.3. The fourth-order valence-corrected chi connectivity index (χ4v) is 7.36. The summed E-state index contributed by atoms with van der Waals surface area (Å²) >= 11 is 4.59. The summed E-state index contributed by atoms with van der Waals surface area (Å²) < 4.78 is 13.8. The first kappa shape index (κ1) is 24.2. The van der Waals surface area contributed by atoms with E-state index in [2.05, 4.69) is 16.4 Å². The SMILES string of the molecule is CSc1nc(C)c(-c2nc3ccccc3s2)c(N[C@@H]2C[C@H](C(O)c3nccs3)[C@H]3OC(C)(C)O[C@H]32)n1. The molecule has 1 aliphatic heterocycles. The second kappa shape index (κ2) is 9.30. The van der Waals surface area contributed by atoms with E-state index in [-0.39, 0.29) is 24.2 Å². The van der Waals surface area contributed by atoms with E-state index in [1.807, 2.05) is 50.6 Å². The maximum absolute atomic E-state index is 11.2. The van der Waals surface area contributed by atoms with Crippen molar-refractivity contribution in [3.8, 4) is 10.6 Å². The summed E-state index contributed by atoms with van der Waals surface area (Å²) in [4.78, 5) is 18.8. The second-order valence-corrected chi connectivity index (χ2v) is 12.3. The Hall–Kier alpha value is -2.15. The minimum Gasteiger partial charge on any atom is -0.386 e. The van der Waals surface area contributed by atoms with Crippen LogP contribution in [-0.4, -0.2) is 55.3 Å². The Bertz CT molecular complexity index is 1360. The summed E-state index contributed by atoms with van der Waals surface area (Å²) in [5, 5.41) is 19.0. The first-order valence-electron chi connectivity index (χ1n) is 11.8. The summed E-state index contributed by atoms with van der Waals surface area (Å²) in [6, 6.07) is 8.00. The van der Waals surface area contributed by atoms with E-state index in [9.17, 15) is 5.11 Å². The zero-order chi connectivity index (χ0) is 25.0. The van der Waals surface area contributed by atoms with Crippen LogP contribution in [0.15, 0.2) is 41.0 Å². The van der Waals surface area contributed by atoms with Crippen LogP contribution >= 0.6 is 34.4 Å². The number of rotatable bonds is 6. The predicted molar refractivity (Wildman–Crippen MR) is 144 cm³/mol. The van der Waals surface area contributed by atoms with Crippen LogP contribution in [0.5, 0.6) is 0 Å². The maximum Gasteiger partial charge on any atom is 0.189 e. The van der Waals surface area contributed by atoms with Gasteiger partial charge in [-0.1, -0.05) is 23.9 Å². The van der Waals surface area contributed by atoms with Gasteiger partial charge in [0, 0.05) is 17.5 Å². The van der Waals surface area contributed by atoms with Gasteiger partial charge in [0.2, 0.25) is 0 Å². The molecule has 4 aromatic rings. The van der Waals surface area contributed by atoms with Crippen molar-refractivity contribution in [1.82, 2.24) is 19.9 Å². The quantitative estimate of drug-likeness (QED) is 0.249. The minimum atomic E-state index is -0.738. The molecule has 1 saturated heterocycles. The van der Waals surface area contributed by atoms with Gasteiger partial charge in [-0.05, 0) is 45.6 Å². The topological polar surface area (TPSA) is 102 Å². The van der Waals surface area contributed by atoms with Crippen LogP contribution in [0.2, 0.25) is 0 Å². The number of nitrogens with one attached hydrogen (secondary N) is 1. The van der Waals surface area contributed by atoms with E-state index in [4.69, 9.17) is 24.4 Å². The van der Waals surface area contributed by atoms with Gasteiger partial charge in [0.25, 0.3) is 0 Å². The predicted octanol–water partition coefficient (Wildman–Crippen LogP) is 5.29. The summed E-state index contributed by atoms with van der Waals surface area (Å²) in [6.07, 6.45) is 3.13. The van der Waals surface area contributed by atoms with E-state index in [1.54, 1.807) is 17.5 Å². The van der Waals surface area contributed by atoms with Crippen LogP contribution < -0.4 is 5.32 Å². The van der Waals surface area contributed by atoms with Crippen molar-refractivity contribution in [3.63, 3.8) is 0 Å². The summed E-state index contributed by atoms with van der Waals surface area (Å²) in [7, 11) is 0. The molecule has 4 heterocycles. The Balaban J connectivity index is 1.38. The summed E-state index contributed by atoms with van der Waals surface area (Å²) in [6.45, 7) is 5.84. The molecule has 11 heteroatoms. The van der Waals surface area contributed by atoms with E-state index in [1.165, 1.54) is 23.1 Å². The molecule has 0 radical (unpaired) electrons. The Kier molecular flexibility index (Phi) is 6.25. The van der Waals surface area contributed by atoms with Gasteiger partial charge in [0.1, 0.15) is 28.0 Å². The molecule has 1 aliphatic carbocycles. The summed E-state index contributed by atoms with van der Waals surface area (Å²) in [5.74, 6) is -0.167. The van der Waals surface area contributed by atoms with Gasteiger partial charge < -0.3 is 19.9 Å². The third-order valence-electron chi connectivity index (χ3n) is 6.70. The van der Waals surface area contributed by atoms with Crippen molar-refractivity contribution in [2.45, 2.75) is 62.5 Å². The molecule has 8 nitrogen and oxygen atoms in total. The van der Waals surface area contributed by atoms with Crippen LogP contribution in [0, 0.1) is 12.8 Å². The number of aryl methyl sites for hydroxylation is 1. The molecule has 3 aromatic heterocycles. The minimum absolute atomic E-state index is 0.117. The van der Waals surface area contributed by atoms with Gasteiger partial charge in [-0.2, -0.15) is 0 Å². The molecule has 0 bridgehead atoms. The third kappa shape index (κ3) is 4.31. The molecular formula is C25H27N5O3S3. The van der Waals surface area contributed by atoms with E-state index in [0.29, 0.717) is 16.6 Å². The average Bonchev–Trinajstić information content (AvgIpc) is 3.62. The van der Waals surface area contributed by atoms with Gasteiger partial charge in [-0.3, -0.25) is 0 Å². The fourth-order valence-electron chi connectivity index (χ4n) is 5.19. The Morgan fingerprint density at radius 2 is 1.97 bits per heavy atom. The number of aromatic nitrogens is 4. The molecule has 1 unspecified atom stereocenters. The van der Waals surface area contributed by atoms with Gasteiger partial charge in [0.05, 0.1) is 33.6 Å².